The molecular formula is C15H21F2NO2. The summed E-state index contributed by atoms with van der Waals surface area (Å²) in [5.41, 5.74) is -0.0707. The second-order valence-electron chi connectivity index (χ2n) is 5.77. The zero-order valence-corrected chi connectivity index (χ0v) is 11.9. The summed E-state index contributed by atoms with van der Waals surface area (Å²) in [5.74, 6) is 0.212. The molecule has 1 aliphatic heterocycles. The van der Waals surface area contributed by atoms with Gasteiger partial charge in [-0.25, -0.2) is 0 Å². The molecule has 0 saturated carbocycles. The van der Waals surface area contributed by atoms with Gasteiger partial charge in [0, 0.05) is 18.2 Å². The number of ether oxygens (including phenoxy) is 1. The number of halogens is 2. The Hall–Kier alpha value is -1.20. The monoisotopic (exact) mass is 285 g/mol. The van der Waals surface area contributed by atoms with E-state index in [0.717, 1.165) is 24.9 Å². The molecule has 0 spiro atoms. The lowest BCUT2D eigenvalue weighted by Crippen LogP contribution is -2.45. The Morgan fingerprint density at radius 2 is 2.10 bits per heavy atom. The highest BCUT2D eigenvalue weighted by atomic mass is 19.3. The van der Waals surface area contributed by atoms with Gasteiger partial charge in [0.15, 0.2) is 0 Å². The van der Waals surface area contributed by atoms with Gasteiger partial charge in [-0.2, -0.15) is 8.78 Å². The van der Waals surface area contributed by atoms with Gasteiger partial charge >= 0.3 is 6.61 Å². The van der Waals surface area contributed by atoms with Crippen molar-refractivity contribution in [3.8, 4) is 5.75 Å². The molecule has 0 bridgehead atoms. The van der Waals surface area contributed by atoms with Crippen molar-refractivity contribution >= 4 is 0 Å². The Labute approximate surface area is 118 Å². The number of hydrogen-bond donors (Lipinski definition) is 1. The standard InChI is InChI=1S/C15H21F2NO2/c1-15(2,19)13-8-5-9-18(13)10-11-6-3-4-7-12(11)20-14(16)17/h3-4,6-7,13-14,19H,5,8-10H2,1-2H3. The number of aliphatic hydroxyl groups is 1. The minimum absolute atomic E-state index is 0.0436. The van der Waals surface area contributed by atoms with Crippen LogP contribution < -0.4 is 4.74 Å². The van der Waals surface area contributed by atoms with Crippen molar-refractivity contribution in [1.82, 2.24) is 4.90 Å². The number of nitrogens with zero attached hydrogens (tertiary/aromatic N) is 1. The number of para-hydroxylation sites is 1. The molecule has 1 saturated heterocycles. The topological polar surface area (TPSA) is 32.7 Å². The first-order chi connectivity index (χ1) is 9.38. The Balaban J connectivity index is 2.13. The Morgan fingerprint density at radius 1 is 1.40 bits per heavy atom. The van der Waals surface area contributed by atoms with Gasteiger partial charge in [-0.3, -0.25) is 4.90 Å². The van der Waals surface area contributed by atoms with E-state index in [-0.39, 0.29) is 11.8 Å². The fourth-order valence-electron chi connectivity index (χ4n) is 2.88. The van der Waals surface area contributed by atoms with E-state index in [1.807, 2.05) is 6.07 Å². The second kappa shape index (κ2) is 6.06. The molecule has 0 aliphatic carbocycles. The molecule has 1 N–H and O–H groups in total. The molecule has 1 unspecified atom stereocenters. The maximum Gasteiger partial charge on any atom is 0.387 e. The fraction of sp³-hybridized carbons (Fsp3) is 0.600. The van der Waals surface area contributed by atoms with Crippen molar-refractivity contribution in [3.63, 3.8) is 0 Å². The van der Waals surface area contributed by atoms with Gasteiger partial charge in [0.2, 0.25) is 0 Å². The summed E-state index contributed by atoms with van der Waals surface area (Å²) < 4.78 is 29.4. The van der Waals surface area contributed by atoms with Gasteiger partial charge < -0.3 is 9.84 Å². The molecule has 1 atom stereocenters. The van der Waals surface area contributed by atoms with E-state index in [9.17, 15) is 13.9 Å². The molecule has 112 valence electrons. The Morgan fingerprint density at radius 3 is 2.75 bits per heavy atom. The number of rotatable bonds is 5. The van der Waals surface area contributed by atoms with Crippen LogP contribution in [0.3, 0.4) is 0 Å². The van der Waals surface area contributed by atoms with Gasteiger partial charge in [0.1, 0.15) is 5.75 Å². The van der Waals surface area contributed by atoms with Gasteiger partial charge in [-0.15, -0.1) is 0 Å². The van der Waals surface area contributed by atoms with Crippen molar-refractivity contribution in [2.75, 3.05) is 6.54 Å². The van der Waals surface area contributed by atoms with Crippen LogP contribution >= 0.6 is 0 Å². The number of hydrogen-bond acceptors (Lipinski definition) is 3. The third kappa shape index (κ3) is 3.67. The van der Waals surface area contributed by atoms with Crippen LogP contribution in [-0.4, -0.2) is 34.8 Å². The van der Waals surface area contributed by atoms with Crippen molar-refractivity contribution in [1.29, 1.82) is 0 Å². The first kappa shape index (κ1) is 15.2. The van der Waals surface area contributed by atoms with Crippen LogP contribution in [-0.2, 0) is 6.54 Å². The van der Waals surface area contributed by atoms with E-state index < -0.39 is 12.2 Å². The lowest BCUT2D eigenvalue weighted by molar-refractivity contribution is -0.0514. The Bertz CT molecular complexity index is 446. The third-order valence-electron chi connectivity index (χ3n) is 3.74. The highest BCUT2D eigenvalue weighted by molar-refractivity contribution is 5.33. The van der Waals surface area contributed by atoms with Crippen LogP contribution in [0, 0.1) is 0 Å². The molecule has 0 radical (unpaired) electrons. The summed E-state index contributed by atoms with van der Waals surface area (Å²) >= 11 is 0. The summed E-state index contributed by atoms with van der Waals surface area (Å²) in [7, 11) is 0. The van der Waals surface area contributed by atoms with Gasteiger partial charge in [-0.05, 0) is 39.3 Å². The quantitative estimate of drug-likeness (QED) is 0.902. The minimum Gasteiger partial charge on any atom is -0.434 e. The molecule has 0 aromatic heterocycles. The van der Waals surface area contributed by atoms with E-state index in [0.29, 0.717) is 6.54 Å². The molecule has 1 fully saturated rings. The van der Waals surface area contributed by atoms with E-state index in [1.165, 1.54) is 0 Å². The van der Waals surface area contributed by atoms with E-state index >= 15 is 0 Å². The Kier molecular flexibility index (Phi) is 4.60. The molecule has 5 heteroatoms. The van der Waals surface area contributed by atoms with Crippen molar-refractivity contribution in [2.45, 2.75) is 51.5 Å². The van der Waals surface area contributed by atoms with Crippen LogP contribution in [0.5, 0.6) is 5.75 Å². The zero-order valence-electron chi connectivity index (χ0n) is 11.9. The second-order valence-corrected chi connectivity index (χ2v) is 5.77. The van der Waals surface area contributed by atoms with Crippen LogP contribution in [0.2, 0.25) is 0 Å². The highest BCUT2D eigenvalue weighted by Gasteiger charge is 2.35. The molecule has 1 aromatic carbocycles. The molecule has 1 aliphatic rings. The number of benzene rings is 1. The van der Waals surface area contributed by atoms with E-state index in [4.69, 9.17) is 0 Å². The molecule has 1 heterocycles. The van der Waals surface area contributed by atoms with Crippen molar-refractivity contribution < 1.29 is 18.6 Å². The highest BCUT2D eigenvalue weighted by Crippen LogP contribution is 2.30. The van der Waals surface area contributed by atoms with Crippen molar-refractivity contribution in [2.24, 2.45) is 0 Å². The predicted octanol–water partition coefficient (Wildman–Crippen LogP) is 3.02. The van der Waals surface area contributed by atoms with E-state index in [2.05, 4.69) is 9.64 Å². The smallest absolute Gasteiger partial charge is 0.387 e. The summed E-state index contributed by atoms with van der Waals surface area (Å²) in [6.07, 6.45) is 1.92. The average molecular weight is 285 g/mol. The predicted molar refractivity (Wildman–Crippen MR) is 72.8 cm³/mol. The molecule has 0 amide bonds. The maximum absolute atomic E-state index is 12.4. The molecule has 1 aromatic rings. The minimum atomic E-state index is -2.82. The lowest BCUT2D eigenvalue weighted by Gasteiger charge is -2.34. The first-order valence-corrected chi connectivity index (χ1v) is 6.87. The van der Waals surface area contributed by atoms with Crippen LogP contribution in [0.25, 0.3) is 0 Å². The van der Waals surface area contributed by atoms with Crippen LogP contribution in [0.15, 0.2) is 24.3 Å². The maximum atomic E-state index is 12.4. The largest absolute Gasteiger partial charge is 0.434 e. The SMILES string of the molecule is CC(C)(O)C1CCCN1Cc1ccccc1OC(F)F. The lowest BCUT2D eigenvalue weighted by atomic mass is 9.96. The zero-order chi connectivity index (χ0) is 14.8. The molecular weight excluding hydrogens is 264 g/mol. The summed E-state index contributed by atoms with van der Waals surface area (Å²) in [6.45, 7) is 2.13. The average Bonchev–Trinajstić information content (AvgIpc) is 2.79. The molecule has 2 rings (SSSR count). The summed E-state index contributed by atoms with van der Waals surface area (Å²) in [5, 5.41) is 10.2. The number of likely N-dealkylation sites (tertiary alicyclic amines) is 1. The third-order valence-corrected chi connectivity index (χ3v) is 3.74. The van der Waals surface area contributed by atoms with Crippen LogP contribution in [0.1, 0.15) is 32.3 Å². The molecule has 3 nitrogen and oxygen atoms in total. The summed E-state index contributed by atoms with van der Waals surface area (Å²) in [6, 6.07) is 6.87. The summed E-state index contributed by atoms with van der Waals surface area (Å²) in [4.78, 5) is 2.13. The molecule has 20 heavy (non-hydrogen) atoms. The van der Waals surface area contributed by atoms with Crippen LogP contribution in [0.4, 0.5) is 8.78 Å². The van der Waals surface area contributed by atoms with Gasteiger partial charge in [0.25, 0.3) is 0 Å². The van der Waals surface area contributed by atoms with Gasteiger partial charge in [-0.1, -0.05) is 18.2 Å². The van der Waals surface area contributed by atoms with E-state index in [1.54, 1.807) is 32.0 Å². The normalized spacial score (nSPS) is 20.6. The first-order valence-electron chi connectivity index (χ1n) is 6.87. The van der Waals surface area contributed by atoms with Crippen molar-refractivity contribution in [3.05, 3.63) is 29.8 Å². The van der Waals surface area contributed by atoms with Gasteiger partial charge in [0.05, 0.1) is 5.60 Å². The fourth-order valence-corrected chi connectivity index (χ4v) is 2.88. The number of alkyl halides is 2.